The van der Waals surface area contributed by atoms with E-state index in [1.807, 2.05) is 0 Å². The van der Waals surface area contributed by atoms with Crippen molar-refractivity contribution in [2.45, 2.75) is 6.61 Å². The number of carboxylic acids is 1. The van der Waals surface area contributed by atoms with Gasteiger partial charge in [0.2, 0.25) is 0 Å². The summed E-state index contributed by atoms with van der Waals surface area (Å²) in [5.41, 5.74) is 1.05. The van der Waals surface area contributed by atoms with Gasteiger partial charge in [0.05, 0.1) is 18.5 Å². The van der Waals surface area contributed by atoms with Crippen molar-refractivity contribution in [2.24, 2.45) is 0 Å². The van der Waals surface area contributed by atoms with Crippen molar-refractivity contribution >= 4 is 11.6 Å². The Labute approximate surface area is 79.2 Å². The van der Waals surface area contributed by atoms with E-state index in [0.29, 0.717) is 11.3 Å². The second-order valence-corrected chi connectivity index (χ2v) is 2.83. The highest BCUT2D eigenvalue weighted by atomic mass is 16.4. The number of aromatic nitrogens is 2. The number of imidazole rings is 1. The lowest BCUT2D eigenvalue weighted by molar-refractivity contribution is 0.0698. The van der Waals surface area contributed by atoms with Crippen LogP contribution in [0, 0.1) is 0 Å². The number of hydrogen-bond acceptors (Lipinski definition) is 3. The topological polar surface area (TPSA) is 74.8 Å². The van der Waals surface area contributed by atoms with Gasteiger partial charge in [-0.2, -0.15) is 0 Å². The minimum Gasteiger partial charge on any atom is -0.478 e. The number of fused-ring (bicyclic) bond motifs is 1. The third-order valence-electron chi connectivity index (χ3n) is 2.00. The van der Waals surface area contributed by atoms with Crippen LogP contribution < -0.4 is 0 Å². The van der Waals surface area contributed by atoms with E-state index < -0.39 is 5.97 Å². The largest absolute Gasteiger partial charge is 0.478 e. The standard InChI is InChI=1S/C9H8N2O3/c12-5-6-4-10-8-7(9(13)14)2-1-3-11(6)8/h1-4,12H,5H2,(H,13,14). The summed E-state index contributed by atoms with van der Waals surface area (Å²) in [7, 11) is 0. The Hall–Kier alpha value is -1.88. The number of aromatic carboxylic acids is 1. The maximum atomic E-state index is 10.8. The molecule has 5 heteroatoms. The fourth-order valence-corrected chi connectivity index (χ4v) is 1.35. The summed E-state index contributed by atoms with van der Waals surface area (Å²) < 4.78 is 1.56. The number of aliphatic hydroxyl groups excluding tert-OH is 1. The van der Waals surface area contributed by atoms with Crippen LogP contribution in [0.4, 0.5) is 0 Å². The van der Waals surface area contributed by atoms with Crippen molar-refractivity contribution in [3.8, 4) is 0 Å². The Morgan fingerprint density at radius 2 is 2.36 bits per heavy atom. The highest BCUT2D eigenvalue weighted by Crippen LogP contribution is 2.11. The van der Waals surface area contributed by atoms with Gasteiger partial charge in [0, 0.05) is 6.20 Å². The van der Waals surface area contributed by atoms with Crippen LogP contribution in [0.25, 0.3) is 5.65 Å². The quantitative estimate of drug-likeness (QED) is 0.727. The van der Waals surface area contributed by atoms with Crippen LogP contribution in [0.1, 0.15) is 16.1 Å². The molecular weight excluding hydrogens is 184 g/mol. The average molecular weight is 192 g/mol. The molecule has 0 fully saturated rings. The lowest BCUT2D eigenvalue weighted by atomic mass is 10.3. The molecule has 0 atom stereocenters. The lowest BCUT2D eigenvalue weighted by Crippen LogP contribution is -2.01. The monoisotopic (exact) mass is 192 g/mol. The van der Waals surface area contributed by atoms with Gasteiger partial charge in [-0.1, -0.05) is 0 Å². The Bertz CT molecular complexity index is 490. The summed E-state index contributed by atoms with van der Waals surface area (Å²) in [6.07, 6.45) is 3.13. The number of nitrogens with zero attached hydrogens (tertiary/aromatic N) is 2. The van der Waals surface area contributed by atoms with Gasteiger partial charge >= 0.3 is 5.97 Å². The smallest absolute Gasteiger partial charge is 0.339 e. The Morgan fingerprint density at radius 3 is 3.00 bits per heavy atom. The van der Waals surface area contributed by atoms with Gasteiger partial charge in [0.15, 0.2) is 5.65 Å². The van der Waals surface area contributed by atoms with Gasteiger partial charge < -0.3 is 14.6 Å². The first kappa shape index (κ1) is 8.71. The number of carboxylic acid groups (broad SMARTS) is 1. The molecule has 0 saturated carbocycles. The molecule has 0 amide bonds. The van der Waals surface area contributed by atoms with Crippen molar-refractivity contribution < 1.29 is 15.0 Å². The number of hydrogen-bond donors (Lipinski definition) is 2. The molecule has 2 heterocycles. The predicted molar refractivity (Wildman–Crippen MR) is 48.1 cm³/mol. The summed E-state index contributed by atoms with van der Waals surface area (Å²) in [6, 6.07) is 3.09. The highest BCUT2D eigenvalue weighted by molar-refractivity contribution is 5.94. The first-order chi connectivity index (χ1) is 6.74. The van der Waals surface area contributed by atoms with E-state index in [1.54, 1.807) is 16.7 Å². The maximum absolute atomic E-state index is 10.8. The molecule has 0 radical (unpaired) electrons. The Morgan fingerprint density at radius 1 is 1.57 bits per heavy atom. The normalized spacial score (nSPS) is 10.6. The minimum absolute atomic E-state index is 0.132. The van der Waals surface area contributed by atoms with Crippen molar-refractivity contribution in [1.82, 2.24) is 9.38 Å². The Kier molecular flexibility index (Phi) is 1.94. The van der Waals surface area contributed by atoms with Crippen LogP contribution in [-0.2, 0) is 6.61 Å². The molecule has 0 unspecified atom stereocenters. The fourth-order valence-electron chi connectivity index (χ4n) is 1.35. The van der Waals surface area contributed by atoms with Crippen molar-refractivity contribution in [3.05, 3.63) is 35.8 Å². The SMILES string of the molecule is O=C(O)c1cccn2c(CO)cnc12. The number of rotatable bonds is 2. The molecule has 2 aromatic heterocycles. The highest BCUT2D eigenvalue weighted by Gasteiger charge is 2.11. The van der Waals surface area contributed by atoms with Crippen molar-refractivity contribution in [1.29, 1.82) is 0 Å². The molecule has 0 aliphatic carbocycles. The third-order valence-corrected chi connectivity index (χ3v) is 2.00. The summed E-state index contributed by atoms with van der Waals surface area (Å²) in [6.45, 7) is -0.162. The van der Waals surface area contributed by atoms with Crippen LogP contribution in [0.5, 0.6) is 0 Å². The molecule has 2 rings (SSSR count). The third kappa shape index (κ3) is 1.14. The molecule has 0 spiro atoms. The van der Waals surface area contributed by atoms with E-state index in [4.69, 9.17) is 10.2 Å². The van der Waals surface area contributed by atoms with Crippen LogP contribution in [0.15, 0.2) is 24.5 Å². The van der Waals surface area contributed by atoms with E-state index in [1.165, 1.54) is 12.3 Å². The van der Waals surface area contributed by atoms with Crippen molar-refractivity contribution in [3.63, 3.8) is 0 Å². The Balaban J connectivity index is 2.76. The van der Waals surface area contributed by atoms with E-state index in [-0.39, 0.29) is 12.2 Å². The number of carbonyl (C=O) groups is 1. The van der Waals surface area contributed by atoms with Crippen LogP contribution in [0.2, 0.25) is 0 Å². The number of pyridine rings is 1. The molecule has 2 N–H and O–H groups in total. The molecule has 0 aromatic carbocycles. The predicted octanol–water partition coefficient (Wildman–Crippen LogP) is 0.525. The molecule has 0 bridgehead atoms. The second kappa shape index (κ2) is 3.12. The first-order valence-corrected chi connectivity index (χ1v) is 4.03. The number of aliphatic hydroxyl groups is 1. The average Bonchev–Trinajstić information content (AvgIpc) is 2.59. The summed E-state index contributed by atoms with van der Waals surface area (Å²) in [5, 5.41) is 17.8. The summed E-state index contributed by atoms with van der Waals surface area (Å²) >= 11 is 0. The van der Waals surface area contributed by atoms with E-state index in [0.717, 1.165) is 0 Å². The van der Waals surface area contributed by atoms with Gasteiger partial charge in [-0.3, -0.25) is 0 Å². The van der Waals surface area contributed by atoms with Gasteiger partial charge in [-0.25, -0.2) is 9.78 Å². The molecule has 2 aromatic rings. The lowest BCUT2D eigenvalue weighted by Gasteiger charge is -1.99. The molecule has 14 heavy (non-hydrogen) atoms. The fraction of sp³-hybridized carbons (Fsp3) is 0.111. The zero-order chi connectivity index (χ0) is 10.1. The van der Waals surface area contributed by atoms with E-state index in [9.17, 15) is 4.79 Å². The minimum atomic E-state index is -1.02. The van der Waals surface area contributed by atoms with Crippen LogP contribution in [-0.4, -0.2) is 25.6 Å². The zero-order valence-electron chi connectivity index (χ0n) is 7.21. The maximum Gasteiger partial charge on any atom is 0.339 e. The van der Waals surface area contributed by atoms with E-state index >= 15 is 0 Å². The van der Waals surface area contributed by atoms with Crippen molar-refractivity contribution in [2.75, 3.05) is 0 Å². The van der Waals surface area contributed by atoms with Crippen LogP contribution >= 0.6 is 0 Å². The first-order valence-electron chi connectivity index (χ1n) is 4.03. The zero-order valence-corrected chi connectivity index (χ0v) is 7.21. The van der Waals surface area contributed by atoms with Gasteiger partial charge in [-0.15, -0.1) is 0 Å². The molecule has 72 valence electrons. The summed E-state index contributed by atoms with van der Waals surface area (Å²) in [5.74, 6) is -1.02. The molecule has 0 saturated heterocycles. The molecule has 0 aliphatic rings. The van der Waals surface area contributed by atoms with Gasteiger partial charge in [0.1, 0.15) is 5.56 Å². The van der Waals surface area contributed by atoms with Crippen LogP contribution in [0.3, 0.4) is 0 Å². The molecule has 5 nitrogen and oxygen atoms in total. The van der Waals surface area contributed by atoms with Gasteiger partial charge in [0.25, 0.3) is 0 Å². The molecular formula is C9H8N2O3. The molecule has 0 aliphatic heterocycles. The van der Waals surface area contributed by atoms with Gasteiger partial charge in [-0.05, 0) is 12.1 Å². The second-order valence-electron chi connectivity index (χ2n) is 2.83. The van der Waals surface area contributed by atoms with E-state index in [2.05, 4.69) is 4.98 Å². The summed E-state index contributed by atoms with van der Waals surface area (Å²) in [4.78, 5) is 14.7.